The molecule has 1 amide bonds. The first-order chi connectivity index (χ1) is 8.08. The number of hydrogen-bond donors (Lipinski definition) is 0. The zero-order valence-corrected chi connectivity index (χ0v) is 12.0. The van der Waals surface area contributed by atoms with E-state index in [4.69, 9.17) is 11.6 Å². The third kappa shape index (κ3) is 2.98. The summed E-state index contributed by atoms with van der Waals surface area (Å²) in [5, 5.41) is 0.588. The molecule has 17 heavy (non-hydrogen) atoms. The van der Waals surface area contributed by atoms with Crippen LogP contribution in [0.4, 0.5) is 0 Å². The lowest BCUT2D eigenvalue weighted by Gasteiger charge is -2.26. The third-order valence-electron chi connectivity index (χ3n) is 2.77. The molecule has 0 bridgehead atoms. The lowest BCUT2D eigenvalue weighted by molar-refractivity contribution is -0.120. The predicted molar refractivity (Wildman–Crippen MR) is 74.3 cm³/mol. The van der Waals surface area contributed by atoms with Crippen molar-refractivity contribution in [2.24, 2.45) is 0 Å². The van der Waals surface area contributed by atoms with E-state index in [1.165, 1.54) is 0 Å². The second-order valence-corrected chi connectivity index (χ2v) is 5.53. The maximum Gasteiger partial charge on any atom is 0.253 e. The summed E-state index contributed by atoms with van der Waals surface area (Å²) >= 11 is 8.11. The molecule has 90 valence electrons. The van der Waals surface area contributed by atoms with Crippen LogP contribution in [0.5, 0.6) is 0 Å². The van der Waals surface area contributed by atoms with Crippen LogP contribution in [0.25, 0.3) is 0 Å². The highest BCUT2D eigenvalue weighted by Gasteiger charge is 2.22. The van der Waals surface area contributed by atoms with E-state index >= 15 is 0 Å². The van der Waals surface area contributed by atoms with Gasteiger partial charge in [0.15, 0.2) is 0 Å². The summed E-state index contributed by atoms with van der Waals surface area (Å²) in [5.41, 5.74) is 0.588. The first-order valence-electron chi connectivity index (χ1n) is 5.34. The quantitative estimate of drug-likeness (QED) is 0.720. The number of halogens is 2. The Hall–Kier alpha value is -0.620. The van der Waals surface area contributed by atoms with Crippen LogP contribution < -0.4 is 0 Å². The lowest BCUT2D eigenvalue weighted by atomic mass is 10.1. The fourth-order valence-corrected chi connectivity index (χ4v) is 2.29. The Morgan fingerprint density at radius 2 is 1.94 bits per heavy atom. The number of hydrogen-bond acceptors (Lipinski definition) is 2. The van der Waals surface area contributed by atoms with Gasteiger partial charge in [-0.15, -0.1) is 0 Å². The molecule has 1 aromatic rings. The number of amides is 1. The van der Waals surface area contributed by atoms with Gasteiger partial charge >= 0.3 is 0 Å². The number of carbonyl (C=O) groups excluding carboxylic acids is 2. The summed E-state index contributed by atoms with van der Waals surface area (Å²) in [4.78, 5) is 24.9. The number of likely N-dealkylation sites (tertiary alicyclic amines) is 1. The van der Waals surface area contributed by atoms with Gasteiger partial charge in [0.05, 0.1) is 5.02 Å². The van der Waals surface area contributed by atoms with Gasteiger partial charge < -0.3 is 4.90 Å². The van der Waals surface area contributed by atoms with Crippen molar-refractivity contribution < 1.29 is 9.59 Å². The first-order valence-corrected chi connectivity index (χ1v) is 6.79. The summed E-state index contributed by atoms with van der Waals surface area (Å²) in [5.74, 6) is 0.186. The molecule has 0 unspecified atom stereocenters. The van der Waals surface area contributed by atoms with Crippen LogP contribution in [0.1, 0.15) is 23.2 Å². The van der Waals surface area contributed by atoms with E-state index in [9.17, 15) is 9.59 Å². The highest BCUT2D eigenvalue weighted by atomic mass is 127. The molecule has 0 saturated carbocycles. The molecule has 1 aromatic carbocycles. The van der Waals surface area contributed by atoms with E-state index in [1.807, 2.05) is 6.07 Å². The SMILES string of the molecule is O=C1CCN(C(=O)c2ccc(I)c(Cl)c2)CC1. The molecular formula is C12H11ClINO2. The van der Waals surface area contributed by atoms with E-state index in [-0.39, 0.29) is 11.7 Å². The second-order valence-electron chi connectivity index (χ2n) is 3.96. The minimum Gasteiger partial charge on any atom is -0.338 e. The van der Waals surface area contributed by atoms with E-state index in [0.29, 0.717) is 36.5 Å². The van der Waals surface area contributed by atoms with Crippen molar-refractivity contribution in [2.45, 2.75) is 12.8 Å². The number of piperidine rings is 1. The Bertz CT molecular complexity index is 466. The zero-order chi connectivity index (χ0) is 12.4. The number of Topliss-reactive ketones (excluding diaryl/α,β-unsaturated/α-hetero) is 1. The number of ketones is 1. The highest BCUT2D eigenvalue weighted by molar-refractivity contribution is 14.1. The van der Waals surface area contributed by atoms with Crippen LogP contribution in [-0.2, 0) is 4.79 Å². The third-order valence-corrected chi connectivity index (χ3v) is 4.35. The van der Waals surface area contributed by atoms with Gasteiger partial charge in [0, 0.05) is 35.1 Å². The summed E-state index contributed by atoms with van der Waals surface area (Å²) in [7, 11) is 0. The summed E-state index contributed by atoms with van der Waals surface area (Å²) < 4.78 is 0.926. The first kappa shape index (κ1) is 12.8. The molecule has 2 rings (SSSR count). The van der Waals surface area contributed by atoms with Crippen molar-refractivity contribution in [1.29, 1.82) is 0 Å². The Labute approximate surface area is 118 Å². The van der Waals surface area contributed by atoms with Gasteiger partial charge in [-0.3, -0.25) is 9.59 Å². The van der Waals surface area contributed by atoms with Crippen LogP contribution >= 0.6 is 34.2 Å². The molecule has 1 heterocycles. The van der Waals surface area contributed by atoms with Gasteiger partial charge in [0.2, 0.25) is 0 Å². The van der Waals surface area contributed by atoms with Gasteiger partial charge in [-0.2, -0.15) is 0 Å². The van der Waals surface area contributed by atoms with E-state index in [2.05, 4.69) is 22.6 Å². The van der Waals surface area contributed by atoms with Crippen molar-refractivity contribution in [3.63, 3.8) is 0 Å². The van der Waals surface area contributed by atoms with Gasteiger partial charge in [0.1, 0.15) is 5.78 Å². The number of benzene rings is 1. The van der Waals surface area contributed by atoms with Gasteiger partial charge in [0.25, 0.3) is 5.91 Å². The molecule has 0 aromatic heterocycles. The largest absolute Gasteiger partial charge is 0.338 e. The molecule has 1 saturated heterocycles. The fourth-order valence-electron chi connectivity index (χ4n) is 1.77. The van der Waals surface area contributed by atoms with E-state index in [0.717, 1.165) is 3.57 Å². The molecule has 3 nitrogen and oxygen atoms in total. The van der Waals surface area contributed by atoms with Gasteiger partial charge in [-0.1, -0.05) is 11.6 Å². The lowest BCUT2D eigenvalue weighted by Crippen LogP contribution is -2.38. The summed E-state index contributed by atoms with van der Waals surface area (Å²) in [6.07, 6.45) is 0.924. The Morgan fingerprint density at radius 3 is 2.53 bits per heavy atom. The van der Waals surface area contributed by atoms with Gasteiger partial charge in [-0.25, -0.2) is 0 Å². The maximum absolute atomic E-state index is 12.1. The van der Waals surface area contributed by atoms with Gasteiger partial charge in [-0.05, 0) is 40.8 Å². The molecule has 0 atom stereocenters. The van der Waals surface area contributed by atoms with Crippen molar-refractivity contribution in [3.05, 3.63) is 32.4 Å². The minimum absolute atomic E-state index is 0.0456. The Balaban J connectivity index is 2.14. The minimum atomic E-state index is -0.0456. The smallest absolute Gasteiger partial charge is 0.253 e. The van der Waals surface area contributed by atoms with Crippen LogP contribution in [0.2, 0.25) is 5.02 Å². The highest BCUT2D eigenvalue weighted by Crippen LogP contribution is 2.21. The standard InChI is InChI=1S/C12H11ClINO2/c13-10-7-8(1-2-11(10)14)12(17)15-5-3-9(16)4-6-15/h1-2,7H,3-6H2. The molecule has 0 N–H and O–H groups in total. The second kappa shape index (κ2) is 5.35. The van der Waals surface area contributed by atoms with E-state index in [1.54, 1.807) is 17.0 Å². The molecule has 0 aliphatic carbocycles. The predicted octanol–water partition coefficient (Wildman–Crippen LogP) is 2.75. The van der Waals surface area contributed by atoms with Crippen molar-refractivity contribution in [2.75, 3.05) is 13.1 Å². The Kier molecular flexibility index (Phi) is 4.04. The molecule has 1 aliphatic rings. The van der Waals surface area contributed by atoms with Crippen LogP contribution in [0, 0.1) is 3.57 Å². The summed E-state index contributed by atoms with van der Waals surface area (Å²) in [6.45, 7) is 1.03. The van der Waals surface area contributed by atoms with Crippen molar-refractivity contribution in [1.82, 2.24) is 4.90 Å². The average molecular weight is 364 g/mol. The summed E-state index contributed by atoms with van der Waals surface area (Å²) in [6, 6.07) is 5.28. The molecular weight excluding hydrogens is 352 g/mol. The molecule has 0 radical (unpaired) electrons. The van der Waals surface area contributed by atoms with Crippen molar-refractivity contribution in [3.8, 4) is 0 Å². The normalized spacial score (nSPS) is 16.1. The van der Waals surface area contributed by atoms with E-state index < -0.39 is 0 Å². The maximum atomic E-state index is 12.1. The molecule has 1 aliphatic heterocycles. The number of carbonyl (C=O) groups is 2. The fraction of sp³-hybridized carbons (Fsp3) is 0.333. The Morgan fingerprint density at radius 1 is 1.29 bits per heavy atom. The monoisotopic (exact) mass is 363 g/mol. The van der Waals surface area contributed by atoms with Crippen LogP contribution in [0.3, 0.4) is 0 Å². The molecule has 5 heteroatoms. The number of nitrogens with zero attached hydrogens (tertiary/aromatic N) is 1. The zero-order valence-electron chi connectivity index (χ0n) is 9.08. The molecule has 0 spiro atoms. The number of rotatable bonds is 1. The van der Waals surface area contributed by atoms with Crippen LogP contribution in [0.15, 0.2) is 18.2 Å². The van der Waals surface area contributed by atoms with Crippen LogP contribution in [-0.4, -0.2) is 29.7 Å². The average Bonchev–Trinajstić information content (AvgIpc) is 2.33. The topological polar surface area (TPSA) is 37.4 Å². The van der Waals surface area contributed by atoms with Crippen molar-refractivity contribution >= 4 is 45.9 Å². The molecule has 1 fully saturated rings.